The number of ether oxygens (including phenoxy) is 1. The van der Waals surface area contributed by atoms with E-state index in [4.69, 9.17) is 4.74 Å². The maximum absolute atomic E-state index is 13.4. The summed E-state index contributed by atoms with van der Waals surface area (Å²) in [6.07, 6.45) is 0.277. The fourth-order valence-electron chi connectivity index (χ4n) is 3.46. The van der Waals surface area contributed by atoms with Crippen LogP contribution in [0.2, 0.25) is 0 Å². The largest absolute Gasteiger partial charge is 0.497 e. The molecular weight excluding hydrogens is 418 g/mol. The van der Waals surface area contributed by atoms with E-state index in [0.29, 0.717) is 17.0 Å². The predicted octanol–water partition coefficient (Wildman–Crippen LogP) is 4.14. The first-order chi connectivity index (χ1) is 14.9. The average Bonchev–Trinajstić information content (AvgIpc) is 3.26. The van der Waals surface area contributed by atoms with E-state index in [9.17, 15) is 18.5 Å². The van der Waals surface area contributed by atoms with Gasteiger partial charge >= 0.3 is 0 Å². The first-order valence-corrected chi connectivity index (χ1v) is 10.9. The molecule has 0 saturated heterocycles. The van der Waals surface area contributed by atoms with E-state index in [-0.39, 0.29) is 17.0 Å². The number of methoxy groups -OCH3 is 1. The fraction of sp³-hybridized carbons (Fsp3) is 0.136. The molecule has 3 aromatic carbocycles. The molecule has 0 aromatic heterocycles. The molecule has 0 saturated carbocycles. The quantitative estimate of drug-likeness (QED) is 0.426. The molecule has 4 rings (SSSR count). The third-order valence-electron chi connectivity index (χ3n) is 5.05. The summed E-state index contributed by atoms with van der Waals surface area (Å²) < 4.78 is 33.0. The third-order valence-corrected chi connectivity index (χ3v) is 6.75. The molecule has 3 aromatic rings. The van der Waals surface area contributed by atoms with Gasteiger partial charge in [0, 0.05) is 18.6 Å². The van der Waals surface area contributed by atoms with Crippen molar-refractivity contribution in [3.63, 3.8) is 0 Å². The normalized spacial score (nSPS) is 16.1. The van der Waals surface area contributed by atoms with Gasteiger partial charge in [-0.25, -0.2) is 0 Å². The Kier molecular flexibility index (Phi) is 5.43. The van der Waals surface area contributed by atoms with Gasteiger partial charge in [0.25, 0.3) is 15.7 Å². The number of nitro benzene ring substituents is 1. The highest BCUT2D eigenvalue weighted by Crippen LogP contribution is 2.38. The van der Waals surface area contributed by atoms with E-state index in [2.05, 4.69) is 5.10 Å². The Bertz CT molecular complexity index is 1240. The van der Waals surface area contributed by atoms with Gasteiger partial charge in [0.2, 0.25) is 0 Å². The van der Waals surface area contributed by atoms with Crippen LogP contribution in [0, 0.1) is 10.1 Å². The lowest BCUT2D eigenvalue weighted by Crippen LogP contribution is -2.27. The molecule has 0 bridgehead atoms. The van der Waals surface area contributed by atoms with Gasteiger partial charge in [0.1, 0.15) is 5.75 Å². The molecule has 31 heavy (non-hydrogen) atoms. The van der Waals surface area contributed by atoms with Crippen LogP contribution in [0.4, 0.5) is 5.69 Å². The number of non-ortho nitro benzene ring substituents is 1. The molecule has 0 radical (unpaired) electrons. The van der Waals surface area contributed by atoms with E-state index < -0.39 is 21.0 Å². The van der Waals surface area contributed by atoms with Crippen LogP contribution in [0.5, 0.6) is 5.75 Å². The molecule has 1 aliphatic rings. The highest BCUT2D eigenvalue weighted by molar-refractivity contribution is 7.89. The maximum atomic E-state index is 13.4. The van der Waals surface area contributed by atoms with E-state index >= 15 is 0 Å². The number of rotatable bonds is 6. The van der Waals surface area contributed by atoms with Gasteiger partial charge in [-0.15, -0.1) is 0 Å². The number of benzene rings is 3. The zero-order valence-corrected chi connectivity index (χ0v) is 17.4. The van der Waals surface area contributed by atoms with Crippen LogP contribution in [-0.2, 0) is 10.0 Å². The molecule has 158 valence electrons. The van der Waals surface area contributed by atoms with Crippen LogP contribution in [0.15, 0.2) is 88.9 Å². The van der Waals surface area contributed by atoms with E-state index in [1.807, 2.05) is 0 Å². The molecule has 0 aliphatic carbocycles. The van der Waals surface area contributed by atoms with Crippen LogP contribution in [0.25, 0.3) is 0 Å². The molecule has 8 nitrogen and oxygen atoms in total. The van der Waals surface area contributed by atoms with Crippen molar-refractivity contribution >= 4 is 21.4 Å². The Morgan fingerprint density at radius 1 is 1.03 bits per heavy atom. The number of nitrogens with zero attached hydrogens (tertiary/aromatic N) is 3. The number of sulfonamides is 1. The van der Waals surface area contributed by atoms with Gasteiger partial charge in [-0.05, 0) is 47.5 Å². The van der Waals surface area contributed by atoms with Crippen molar-refractivity contribution in [1.82, 2.24) is 4.41 Å². The summed E-state index contributed by atoms with van der Waals surface area (Å²) in [4.78, 5) is 10.8. The molecule has 0 spiro atoms. The molecule has 1 heterocycles. The number of hydrogen-bond acceptors (Lipinski definition) is 6. The lowest BCUT2D eigenvalue weighted by Gasteiger charge is -2.23. The van der Waals surface area contributed by atoms with Crippen LogP contribution < -0.4 is 4.74 Å². The number of hydrogen-bond donors (Lipinski definition) is 0. The van der Waals surface area contributed by atoms with Gasteiger partial charge in [-0.2, -0.15) is 17.9 Å². The van der Waals surface area contributed by atoms with Crippen molar-refractivity contribution in [2.45, 2.75) is 17.4 Å². The minimum atomic E-state index is -3.97. The Balaban J connectivity index is 1.80. The van der Waals surface area contributed by atoms with Crippen LogP contribution in [0.3, 0.4) is 0 Å². The zero-order valence-electron chi connectivity index (χ0n) is 16.6. The number of nitro groups is 1. The molecule has 9 heteroatoms. The fourth-order valence-corrected chi connectivity index (χ4v) is 4.92. The topological polar surface area (TPSA) is 102 Å². The Morgan fingerprint density at radius 2 is 1.74 bits per heavy atom. The standard InChI is InChI=1S/C22H19N3O5S/c1-30-19-12-10-16(11-13-19)21-15-22(17-6-5-7-18(14-17)25(26)27)24(23-21)31(28,29)20-8-3-2-4-9-20/h2-14,22H,15H2,1H3/t22-/m0/s1. The van der Waals surface area contributed by atoms with Crippen LogP contribution in [-0.4, -0.2) is 30.6 Å². The SMILES string of the molecule is COc1ccc(C2=NN(S(=O)(=O)c3ccccc3)[C@H](c3cccc([N+](=O)[O-])c3)C2)cc1. The Hall–Kier alpha value is -3.72. The third kappa shape index (κ3) is 3.99. The molecule has 0 N–H and O–H groups in total. The summed E-state index contributed by atoms with van der Waals surface area (Å²) >= 11 is 0. The molecule has 1 aliphatic heterocycles. The monoisotopic (exact) mass is 437 g/mol. The van der Waals surface area contributed by atoms with Crippen molar-refractivity contribution in [2.75, 3.05) is 7.11 Å². The van der Waals surface area contributed by atoms with Gasteiger partial charge in [0.05, 0.1) is 28.7 Å². The van der Waals surface area contributed by atoms with Crippen LogP contribution in [0.1, 0.15) is 23.6 Å². The van der Waals surface area contributed by atoms with Gasteiger partial charge in [0.15, 0.2) is 0 Å². The molecule has 0 fully saturated rings. The minimum absolute atomic E-state index is 0.102. The van der Waals surface area contributed by atoms with Gasteiger partial charge in [-0.1, -0.05) is 30.3 Å². The van der Waals surface area contributed by atoms with E-state index in [1.54, 1.807) is 61.7 Å². The second-order valence-electron chi connectivity index (χ2n) is 6.94. The summed E-state index contributed by atoms with van der Waals surface area (Å²) in [5.74, 6) is 0.673. The van der Waals surface area contributed by atoms with Crippen LogP contribution >= 0.6 is 0 Å². The van der Waals surface area contributed by atoms with Crippen molar-refractivity contribution in [3.8, 4) is 5.75 Å². The molecule has 0 unspecified atom stereocenters. The van der Waals surface area contributed by atoms with Crippen molar-refractivity contribution < 1.29 is 18.1 Å². The average molecular weight is 437 g/mol. The summed E-state index contributed by atoms with van der Waals surface area (Å²) in [7, 11) is -2.41. The van der Waals surface area contributed by atoms with E-state index in [0.717, 1.165) is 9.98 Å². The van der Waals surface area contributed by atoms with Crippen molar-refractivity contribution in [3.05, 3.63) is 100 Å². The Morgan fingerprint density at radius 3 is 2.39 bits per heavy atom. The summed E-state index contributed by atoms with van der Waals surface area (Å²) in [6.45, 7) is 0. The summed E-state index contributed by atoms with van der Waals surface area (Å²) in [6, 6.07) is 20.5. The second kappa shape index (κ2) is 8.19. The highest BCUT2D eigenvalue weighted by atomic mass is 32.2. The number of hydrazone groups is 1. The summed E-state index contributed by atoms with van der Waals surface area (Å²) in [5.41, 5.74) is 1.72. The first kappa shape index (κ1) is 20.5. The molecular formula is C22H19N3O5S. The summed E-state index contributed by atoms with van der Waals surface area (Å²) in [5, 5.41) is 15.7. The van der Waals surface area contributed by atoms with E-state index in [1.165, 1.54) is 24.3 Å². The van der Waals surface area contributed by atoms with Gasteiger partial charge < -0.3 is 4.74 Å². The highest BCUT2D eigenvalue weighted by Gasteiger charge is 2.38. The smallest absolute Gasteiger partial charge is 0.279 e. The lowest BCUT2D eigenvalue weighted by atomic mass is 9.99. The zero-order chi connectivity index (χ0) is 22.0. The molecule has 0 amide bonds. The lowest BCUT2D eigenvalue weighted by molar-refractivity contribution is -0.384. The predicted molar refractivity (Wildman–Crippen MR) is 115 cm³/mol. The van der Waals surface area contributed by atoms with Crippen molar-refractivity contribution in [2.24, 2.45) is 5.10 Å². The second-order valence-corrected chi connectivity index (χ2v) is 8.73. The minimum Gasteiger partial charge on any atom is -0.497 e. The molecule has 1 atom stereocenters. The Labute approximate surface area is 179 Å². The maximum Gasteiger partial charge on any atom is 0.279 e. The first-order valence-electron chi connectivity index (χ1n) is 9.46. The van der Waals surface area contributed by atoms with Crippen molar-refractivity contribution in [1.29, 1.82) is 0 Å². The van der Waals surface area contributed by atoms with Gasteiger partial charge in [-0.3, -0.25) is 10.1 Å².